The van der Waals surface area contributed by atoms with E-state index in [9.17, 15) is 14.4 Å². The molecule has 1 saturated heterocycles. The first-order valence-corrected chi connectivity index (χ1v) is 6.77. The third kappa shape index (κ3) is 6.26. The number of aliphatic carboxylic acids is 1. The first-order valence-electron chi connectivity index (χ1n) is 6.77. The summed E-state index contributed by atoms with van der Waals surface area (Å²) in [5.41, 5.74) is 4.90. The number of nitrogens with zero attached hydrogens (tertiary/aromatic N) is 1. The zero-order valence-corrected chi connectivity index (χ0v) is 11.4. The number of rotatable bonds is 6. The molecule has 1 aliphatic heterocycles. The topological polar surface area (TPSA) is 125 Å². The van der Waals surface area contributed by atoms with Crippen molar-refractivity contribution in [3.8, 4) is 0 Å². The Labute approximate surface area is 117 Å². The second-order valence-corrected chi connectivity index (χ2v) is 4.89. The van der Waals surface area contributed by atoms with Crippen molar-refractivity contribution in [2.24, 2.45) is 11.7 Å². The van der Waals surface area contributed by atoms with E-state index in [4.69, 9.17) is 10.8 Å². The fraction of sp³-hybridized carbons (Fsp3) is 0.750. The van der Waals surface area contributed by atoms with Gasteiger partial charge in [-0.05, 0) is 25.2 Å². The molecule has 0 aromatic rings. The summed E-state index contributed by atoms with van der Waals surface area (Å²) in [6, 6.07) is -0.772. The van der Waals surface area contributed by atoms with Gasteiger partial charge in [0, 0.05) is 32.6 Å². The van der Waals surface area contributed by atoms with Gasteiger partial charge in [-0.15, -0.1) is 0 Å². The largest absolute Gasteiger partial charge is 0.481 e. The van der Waals surface area contributed by atoms with E-state index in [1.807, 2.05) is 0 Å². The molecule has 1 fully saturated rings. The number of carbonyl (C=O) groups excluding carboxylic acids is 2. The Morgan fingerprint density at radius 1 is 1.15 bits per heavy atom. The molecule has 0 aliphatic carbocycles. The normalized spacial score (nSPS) is 15.7. The van der Waals surface area contributed by atoms with Crippen LogP contribution in [0.1, 0.15) is 25.7 Å². The molecule has 114 valence electrons. The summed E-state index contributed by atoms with van der Waals surface area (Å²) in [6.07, 6.45) is 2.53. The van der Waals surface area contributed by atoms with Crippen molar-refractivity contribution in [3.05, 3.63) is 0 Å². The standard InChI is InChI=1S/C12H22N4O4/c13-11(19)14-5-6-15-12(20)16-7-3-9(4-8-16)1-2-10(17)18/h9H,1-8H2,(H,15,20)(H,17,18)(H3,13,14,19). The SMILES string of the molecule is NC(=O)NCCNC(=O)N1CCC(CCC(=O)O)CC1. The maximum atomic E-state index is 11.8. The first-order chi connectivity index (χ1) is 9.49. The third-order valence-electron chi connectivity index (χ3n) is 3.37. The van der Waals surface area contributed by atoms with Crippen molar-refractivity contribution in [1.29, 1.82) is 0 Å². The molecular formula is C12H22N4O4. The van der Waals surface area contributed by atoms with E-state index in [0.717, 1.165) is 12.8 Å². The molecular weight excluding hydrogens is 264 g/mol. The van der Waals surface area contributed by atoms with Gasteiger partial charge in [0.25, 0.3) is 0 Å². The molecule has 0 saturated carbocycles. The van der Waals surface area contributed by atoms with Crippen LogP contribution in [0.4, 0.5) is 9.59 Å². The Morgan fingerprint density at radius 3 is 2.30 bits per heavy atom. The average molecular weight is 286 g/mol. The van der Waals surface area contributed by atoms with Crippen LogP contribution in [0.25, 0.3) is 0 Å². The predicted molar refractivity (Wildman–Crippen MR) is 72.2 cm³/mol. The highest BCUT2D eigenvalue weighted by molar-refractivity contribution is 5.74. The Kier molecular flexibility index (Phi) is 6.61. The maximum absolute atomic E-state index is 11.8. The summed E-state index contributed by atoms with van der Waals surface area (Å²) in [4.78, 5) is 34.4. The molecule has 0 atom stereocenters. The number of carboxylic acids is 1. The van der Waals surface area contributed by atoms with Gasteiger partial charge in [0.05, 0.1) is 0 Å². The number of likely N-dealkylation sites (tertiary alicyclic amines) is 1. The molecule has 4 amide bonds. The molecule has 5 N–H and O–H groups in total. The molecule has 8 heteroatoms. The van der Waals surface area contributed by atoms with E-state index in [1.165, 1.54) is 0 Å². The van der Waals surface area contributed by atoms with Gasteiger partial charge in [-0.2, -0.15) is 0 Å². The summed E-state index contributed by atoms with van der Waals surface area (Å²) in [5.74, 6) is -0.390. The summed E-state index contributed by atoms with van der Waals surface area (Å²) in [6.45, 7) is 1.91. The molecule has 8 nitrogen and oxygen atoms in total. The molecule has 1 rings (SSSR count). The van der Waals surface area contributed by atoms with E-state index >= 15 is 0 Å². The minimum atomic E-state index is -0.771. The predicted octanol–water partition coefficient (Wildman–Crippen LogP) is -0.0589. The summed E-state index contributed by atoms with van der Waals surface area (Å²) < 4.78 is 0. The van der Waals surface area contributed by atoms with Crippen LogP contribution >= 0.6 is 0 Å². The van der Waals surface area contributed by atoms with Gasteiger partial charge in [-0.3, -0.25) is 4.79 Å². The van der Waals surface area contributed by atoms with Crippen LogP contribution in [0.3, 0.4) is 0 Å². The van der Waals surface area contributed by atoms with Gasteiger partial charge in [0.1, 0.15) is 0 Å². The molecule has 1 heterocycles. The number of carbonyl (C=O) groups is 3. The van der Waals surface area contributed by atoms with Gasteiger partial charge in [0.15, 0.2) is 0 Å². The van der Waals surface area contributed by atoms with Crippen LogP contribution in [-0.4, -0.2) is 54.2 Å². The molecule has 0 radical (unpaired) electrons. The zero-order chi connectivity index (χ0) is 15.0. The van der Waals surface area contributed by atoms with Crippen molar-refractivity contribution in [1.82, 2.24) is 15.5 Å². The monoisotopic (exact) mass is 286 g/mol. The highest BCUT2D eigenvalue weighted by Crippen LogP contribution is 2.21. The van der Waals surface area contributed by atoms with Crippen LogP contribution in [0.2, 0.25) is 0 Å². The fourth-order valence-corrected chi connectivity index (χ4v) is 2.22. The average Bonchev–Trinajstić information content (AvgIpc) is 2.41. The Balaban J connectivity index is 2.15. The number of nitrogens with one attached hydrogen (secondary N) is 2. The highest BCUT2D eigenvalue weighted by Gasteiger charge is 2.22. The fourth-order valence-electron chi connectivity index (χ4n) is 2.22. The zero-order valence-electron chi connectivity index (χ0n) is 11.4. The van der Waals surface area contributed by atoms with Crippen molar-refractivity contribution >= 4 is 18.0 Å². The lowest BCUT2D eigenvalue weighted by molar-refractivity contribution is -0.137. The lowest BCUT2D eigenvalue weighted by atomic mass is 9.92. The smallest absolute Gasteiger partial charge is 0.317 e. The molecule has 1 aliphatic rings. The second-order valence-electron chi connectivity index (χ2n) is 4.89. The number of nitrogens with two attached hydrogens (primary N) is 1. The first kappa shape index (κ1) is 16.1. The number of urea groups is 2. The number of amides is 4. The van der Waals surface area contributed by atoms with Crippen LogP contribution in [0.5, 0.6) is 0 Å². The quantitative estimate of drug-likeness (QED) is 0.510. The van der Waals surface area contributed by atoms with Crippen LogP contribution in [0, 0.1) is 5.92 Å². The van der Waals surface area contributed by atoms with Crippen molar-refractivity contribution in [3.63, 3.8) is 0 Å². The van der Waals surface area contributed by atoms with Crippen molar-refractivity contribution in [2.75, 3.05) is 26.2 Å². The molecule has 0 bridgehead atoms. The Bertz CT molecular complexity index is 353. The van der Waals surface area contributed by atoms with E-state index in [2.05, 4.69) is 10.6 Å². The molecule has 0 aromatic carbocycles. The van der Waals surface area contributed by atoms with Gasteiger partial charge < -0.3 is 26.4 Å². The number of carboxylic acid groups (broad SMARTS) is 1. The number of hydrogen-bond donors (Lipinski definition) is 4. The number of primary amides is 1. The minimum absolute atomic E-state index is 0.159. The lowest BCUT2D eigenvalue weighted by Crippen LogP contribution is -2.46. The summed E-state index contributed by atoms with van der Waals surface area (Å²) >= 11 is 0. The van der Waals surface area contributed by atoms with Crippen LogP contribution < -0.4 is 16.4 Å². The Hall–Kier alpha value is -1.99. The Morgan fingerprint density at radius 2 is 1.75 bits per heavy atom. The van der Waals surface area contributed by atoms with E-state index in [-0.39, 0.29) is 12.5 Å². The third-order valence-corrected chi connectivity index (χ3v) is 3.37. The van der Waals surface area contributed by atoms with Crippen molar-refractivity contribution < 1.29 is 19.5 Å². The molecule has 0 unspecified atom stereocenters. The maximum Gasteiger partial charge on any atom is 0.317 e. The summed E-state index contributed by atoms with van der Waals surface area (Å²) in [7, 11) is 0. The van der Waals surface area contributed by atoms with E-state index in [1.54, 1.807) is 4.90 Å². The molecule has 20 heavy (non-hydrogen) atoms. The number of piperidine rings is 1. The summed E-state index contributed by atoms with van der Waals surface area (Å²) in [5, 5.41) is 13.7. The molecule has 0 spiro atoms. The van der Waals surface area contributed by atoms with Crippen LogP contribution in [-0.2, 0) is 4.79 Å². The molecule has 0 aromatic heterocycles. The van der Waals surface area contributed by atoms with Gasteiger partial charge in [-0.1, -0.05) is 0 Å². The highest BCUT2D eigenvalue weighted by atomic mass is 16.4. The van der Waals surface area contributed by atoms with Crippen LogP contribution in [0.15, 0.2) is 0 Å². The van der Waals surface area contributed by atoms with E-state index < -0.39 is 12.0 Å². The van der Waals surface area contributed by atoms with Gasteiger partial charge in [0.2, 0.25) is 0 Å². The van der Waals surface area contributed by atoms with E-state index in [0.29, 0.717) is 38.5 Å². The lowest BCUT2D eigenvalue weighted by Gasteiger charge is -2.31. The number of hydrogen-bond acceptors (Lipinski definition) is 3. The van der Waals surface area contributed by atoms with Gasteiger partial charge >= 0.3 is 18.0 Å². The minimum Gasteiger partial charge on any atom is -0.481 e. The van der Waals surface area contributed by atoms with Gasteiger partial charge in [-0.25, -0.2) is 9.59 Å². The second kappa shape index (κ2) is 8.23. The van der Waals surface area contributed by atoms with Crippen molar-refractivity contribution in [2.45, 2.75) is 25.7 Å².